The maximum Gasteiger partial charge on any atom is 0.330 e. The SMILES string of the molecule is CCCCCCCCCCN[C@@]1(C)C[C@H](O[C@H]2[C@H](Oc3c4cc5cc3Oc3ccc(cc3Cl)[C@@H](O[C@H]3C[C@](C)(N)[C@H](O)[C@H](C)O3)[C@@H]3NC(=O)[C@H](NC(=O)[C@@H]5NC(=O)[C@H](CC(N)=O)NC(=O)[C@H](NC(=O)[C@@H](CC(C)C)NC)[C@H](O)c5ccc(c(Cl)c5)O4)c4ccc(O)c(c4)-c4c(O)cc(O)cc4[C@H](C(=O)O)NC3=O)O[C@H](CO)[C@@H](O)[C@@H]2O)O[C@@H](C)[C@H]1O. The number of nitrogens with two attached hydrogens (primary N) is 2. The van der Waals surface area contributed by atoms with Crippen LogP contribution in [0.15, 0.2) is 78.9 Å². The van der Waals surface area contributed by atoms with Gasteiger partial charge in [-0.15, -0.1) is 0 Å². The van der Waals surface area contributed by atoms with Gasteiger partial charge in [0.1, 0.15) is 89.5 Å². The molecule has 0 spiro atoms. The van der Waals surface area contributed by atoms with Crippen molar-refractivity contribution in [2.75, 3.05) is 20.2 Å². The first-order chi connectivity index (χ1) is 57.3. The van der Waals surface area contributed by atoms with Crippen LogP contribution in [0.2, 0.25) is 10.0 Å². The molecular weight excluding hydrogens is 1620 g/mol. The zero-order valence-electron chi connectivity index (χ0n) is 67.9. The monoisotopic (exact) mass is 1730 g/mol. The average Bonchev–Trinajstić information content (AvgIpc) is 0.883. The Morgan fingerprint density at radius 2 is 1.25 bits per heavy atom. The Bertz CT molecular complexity index is 4620. The molecule has 22 atom stereocenters. The first kappa shape index (κ1) is 92.4. The second kappa shape index (κ2) is 39.5. The molecule has 36 nitrogen and oxygen atoms in total. The average molecular weight is 1730 g/mol. The number of carboxylic acids is 1. The highest BCUT2D eigenvalue weighted by Crippen LogP contribution is 2.51. The van der Waals surface area contributed by atoms with Gasteiger partial charge in [0.2, 0.25) is 53.4 Å². The van der Waals surface area contributed by atoms with E-state index in [4.69, 9.17) is 72.6 Å². The summed E-state index contributed by atoms with van der Waals surface area (Å²) >= 11 is 14.6. The second-order valence-corrected chi connectivity index (χ2v) is 33.4. The largest absolute Gasteiger partial charge is 0.508 e. The van der Waals surface area contributed by atoms with Crippen molar-refractivity contribution in [3.8, 4) is 57.1 Å². The highest BCUT2D eigenvalue weighted by Gasteiger charge is 2.53. The number of ether oxygens (including phenoxy) is 8. The molecule has 0 radical (unpaired) electrons. The van der Waals surface area contributed by atoms with Gasteiger partial charge in [-0.1, -0.05) is 107 Å². The Morgan fingerprint density at radius 3 is 1.86 bits per heavy atom. The number of carboxylic acid groups (broad SMARTS) is 1. The van der Waals surface area contributed by atoms with E-state index < -0.39 is 255 Å². The summed E-state index contributed by atoms with van der Waals surface area (Å²) in [5.41, 5.74) is 7.20. The number of primary amides is 1. The van der Waals surface area contributed by atoms with Crippen molar-refractivity contribution in [1.29, 1.82) is 0 Å². The number of aromatic hydroxyl groups is 3. The minimum Gasteiger partial charge on any atom is -0.508 e. The van der Waals surface area contributed by atoms with E-state index in [1.54, 1.807) is 13.8 Å². The van der Waals surface area contributed by atoms with Crippen LogP contribution in [0, 0.1) is 5.92 Å². The molecule has 0 saturated carbocycles. The molecule has 22 N–H and O–H groups in total. The van der Waals surface area contributed by atoms with Crippen LogP contribution in [0.3, 0.4) is 0 Å². The predicted molar refractivity (Wildman–Crippen MR) is 432 cm³/mol. The molecule has 8 heterocycles. The Labute approximate surface area is 707 Å². The van der Waals surface area contributed by atoms with Gasteiger partial charge < -0.3 is 143 Å². The van der Waals surface area contributed by atoms with Crippen molar-refractivity contribution in [3.63, 3.8) is 0 Å². The molecule has 13 rings (SSSR count). The molecule has 0 aromatic heterocycles. The van der Waals surface area contributed by atoms with E-state index in [-0.39, 0.29) is 58.4 Å². The van der Waals surface area contributed by atoms with Crippen LogP contribution >= 0.6 is 23.2 Å². The first-order valence-electron chi connectivity index (χ1n) is 40.3. The van der Waals surface area contributed by atoms with Crippen molar-refractivity contribution in [1.82, 2.24) is 42.5 Å². The number of aliphatic carboxylic acids is 1. The van der Waals surface area contributed by atoms with Crippen molar-refractivity contribution >= 4 is 70.5 Å². The molecule has 5 aromatic rings. The van der Waals surface area contributed by atoms with E-state index in [1.165, 1.54) is 51.2 Å². The molecule has 3 saturated heterocycles. The number of nitrogens with one attached hydrogen (secondary N) is 8. The van der Waals surface area contributed by atoms with Gasteiger partial charge >= 0.3 is 5.97 Å². The summed E-state index contributed by atoms with van der Waals surface area (Å²) < 4.78 is 52.8. The highest BCUT2D eigenvalue weighted by atomic mass is 35.5. The number of hydrogen-bond acceptors (Lipinski definition) is 28. The van der Waals surface area contributed by atoms with E-state index in [9.17, 15) is 65.4 Å². The van der Waals surface area contributed by atoms with Gasteiger partial charge in [0.25, 0.3) is 0 Å². The van der Waals surface area contributed by atoms with E-state index in [0.717, 1.165) is 99.9 Å². The number of carbonyl (C=O) groups is 8. The number of aliphatic hydroxyl groups is 6. The van der Waals surface area contributed by atoms with E-state index in [0.29, 0.717) is 6.54 Å². The van der Waals surface area contributed by atoms with Gasteiger partial charge in [0.05, 0.1) is 53.5 Å². The van der Waals surface area contributed by atoms with Crippen molar-refractivity contribution in [2.45, 2.75) is 259 Å². The summed E-state index contributed by atoms with van der Waals surface area (Å²) in [6, 6.07) is -0.192. The van der Waals surface area contributed by atoms with Gasteiger partial charge in [-0.25, -0.2) is 4.79 Å². The summed E-state index contributed by atoms with van der Waals surface area (Å²) in [6.45, 7) is 11.6. The molecule has 660 valence electrons. The van der Waals surface area contributed by atoms with Crippen molar-refractivity contribution < 1.29 is 127 Å². The summed E-state index contributed by atoms with van der Waals surface area (Å²) in [6.07, 6.45) is -14.0. The summed E-state index contributed by atoms with van der Waals surface area (Å²) in [5, 5.41) is 137. The van der Waals surface area contributed by atoms with Crippen molar-refractivity contribution in [2.24, 2.45) is 17.4 Å². The van der Waals surface area contributed by atoms with Crippen LogP contribution < -0.4 is 68.2 Å². The standard InChI is InChI=1S/C83H108Cl2N10O26/c1-9-10-11-12-13-14-15-16-23-89-83(7)34-59(115-38(5)73(83)105)120-71-68(103)67(102)56(35-96)118-81(71)121-70-54-28-42-29-55(70)117-53-22-19-41(27-47(53)85)69(119-58-33-82(6,87)72(104)37(4)114-58)65-79(111)93-63(80(112)113)45-30-43(97)31-51(99)60(45)44-25-39(17-20-50(44)98)61(76(108)95-65)92-77(109)62(42)91-75(107)49(32-57(86)100)90-78(110)64(94-74(106)48(88-8)24-36(2)3)66(101)40-18-21-52(116-54)46(84)26-40/h17-22,25-31,36-38,48-49,56,58-59,61-69,71-73,81,88-89,96-99,101-105H,9-16,23-24,32-35,87H2,1-8H3,(H2,86,100)(H,90,110)(H,91,107)(H,92,109)(H,93,111)(H,94,106)(H,95,108)(H,112,113)/t37-,38-,48+,49-,56+,58-,59-,61+,62+,63+,64+,65-,66+,67+,68-,69+,71+,72+,73+,81-,82-,83-/m0/s1. The molecule has 121 heavy (non-hydrogen) atoms. The molecular formula is C83H108Cl2N10O26. The van der Waals surface area contributed by atoms with E-state index >= 15 is 24.0 Å². The lowest BCUT2D eigenvalue weighted by Crippen LogP contribution is -2.65. The zero-order valence-corrected chi connectivity index (χ0v) is 69.5. The normalized spacial score (nSPS) is 30.4. The number of halogens is 2. The number of fused-ring (bicyclic) bond motifs is 15. The van der Waals surface area contributed by atoms with Crippen LogP contribution in [0.4, 0.5) is 0 Å². The number of phenolic OH excluding ortho intramolecular Hbond substituents is 3. The number of carbonyl (C=O) groups excluding carboxylic acids is 7. The Balaban J connectivity index is 1.15. The molecule has 8 aliphatic rings. The lowest BCUT2D eigenvalue weighted by molar-refractivity contribution is -0.334. The van der Waals surface area contributed by atoms with Gasteiger partial charge in [-0.05, 0) is 137 Å². The highest BCUT2D eigenvalue weighted by molar-refractivity contribution is 6.32. The number of amides is 7. The first-order valence-corrected chi connectivity index (χ1v) is 41.1. The number of aliphatic hydroxyl groups excluding tert-OH is 6. The van der Waals surface area contributed by atoms with Gasteiger partial charge in [0, 0.05) is 46.7 Å². The number of rotatable bonds is 25. The number of hydrogen-bond donors (Lipinski definition) is 20. The quantitative estimate of drug-likeness (QED) is 0.0365. The smallest absolute Gasteiger partial charge is 0.330 e. The van der Waals surface area contributed by atoms with Crippen LogP contribution in [0.25, 0.3) is 11.1 Å². The van der Waals surface area contributed by atoms with Crippen LogP contribution in [0.1, 0.15) is 184 Å². The minimum absolute atomic E-state index is 0.0944. The second-order valence-electron chi connectivity index (χ2n) is 32.6. The molecule has 3 fully saturated rings. The lowest BCUT2D eigenvalue weighted by Gasteiger charge is -2.48. The number of benzene rings is 5. The maximum absolute atomic E-state index is 16.5. The summed E-state index contributed by atoms with van der Waals surface area (Å²) in [4.78, 5) is 121. The Hall–Kier alpha value is -9.32. The fourth-order valence-corrected chi connectivity index (χ4v) is 16.5. The molecule has 0 aliphatic carbocycles. The number of likely N-dealkylation sites (N-methyl/N-ethyl adjacent to an activating group) is 1. The van der Waals surface area contributed by atoms with E-state index in [1.807, 2.05) is 13.8 Å². The zero-order chi connectivity index (χ0) is 88.0. The molecule has 5 aromatic carbocycles. The third kappa shape index (κ3) is 21.3. The number of phenols is 3. The third-order valence-corrected chi connectivity index (χ3v) is 23.2. The topological polar surface area (TPSA) is 561 Å². The van der Waals surface area contributed by atoms with Gasteiger partial charge in [-0.3, -0.25) is 33.6 Å². The fourth-order valence-electron chi connectivity index (χ4n) is 16.0. The summed E-state index contributed by atoms with van der Waals surface area (Å²) in [5.74, 6) is -15.9. The van der Waals surface area contributed by atoms with Crippen molar-refractivity contribution in [3.05, 3.63) is 117 Å². The van der Waals surface area contributed by atoms with Gasteiger partial charge in [0.15, 0.2) is 36.2 Å². The van der Waals surface area contributed by atoms with E-state index in [2.05, 4.69) is 49.5 Å². The third-order valence-electron chi connectivity index (χ3n) is 22.7. The molecule has 11 bridgehead atoms. The molecule has 7 amide bonds. The minimum atomic E-state index is -2.38. The maximum atomic E-state index is 16.5. The van der Waals surface area contributed by atoms with Crippen LogP contribution in [0.5, 0.6) is 46.0 Å². The fraction of sp³-hybridized carbons (Fsp3) is 0.542. The molecule has 0 unspecified atom stereocenters. The molecule has 8 aliphatic heterocycles. The Kier molecular flexibility index (Phi) is 30.1. The van der Waals surface area contributed by atoms with Gasteiger partial charge in [-0.2, -0.15) is 0 Å². The Morgan fingerprint density at radius 1 is 0.653 bits per heavy atom. The number of unbranched alkanes of at least 4 members (excludes halogenated alkanes) is 7. The predicted octanol–water partition coefficient (Wildman–Crippen LogP) is 4.12. The van der Waals surface area contributed by atoms with Crippen LogP contribution in [-0.2, 0) is 62.0 Å². The molecule has 38 heteroatoms. The van der Waals surface area contributed by atoms with Crippen LogP contribution in [-0.4, -0.2) is 222 Å². The lowest BCUT2D eigenvalue weighted by atomic mass is 9.84. The summed E-state index contributed by atoms with van der Waals surface area (Å²) in [7, 11) is 1.48.